The maximum atomic E-state index is 12.5. The van der Waals surface area contributed by atoms with E-state index in [4.69, 9.17) is 25.1 Å². The Morgan fingerprint density at radius 3 is 2.00 bits per heavy atom. The number of ether oxygens (including phenoxy) is 3. The number of hydrogen-bond donors (Lipinski definition) is 3. The van der Waals surface area contributed by atoms with Gasteiger partial charge in [-0.1, -0.05) is 51.2 Å². The average Bonchev–Trinajstić information content (AvgIpc) is 3.03. The highest BCUT2D eigenvalue weighted by atomic mass is 16.6. The summed E-state index contributed by atoms with van der Waals surface area (Å²) in [5, 5.41) is 30.1. The van der Waals surface area contributed by atoms with Crippen LogP contribution in [0, 0.1) is 10.1 Å². The first-order chi connectivity index (χ1) is 22.0. The summed E-state index contributed by atoms with van der Waals surface area (Å²) in [6.07, 6.45) is 6.41. The predicted octanol–water partition coefficient (Wildman–Crippen LogP) is 6.38. The zero-order valence-corrected chi connectivity index (χ0v) is 25.4. The molecule has 0 saturated carbocycles. The van der Waals surface area contributed by atoms with E-state index < -0.39 is 39.9 Å². The van der Waals surface area contributed by atoms with Gasteiger partial charge < -0.3 is 30.2 Å². The molecule has 244 valence electrons. The van der Waals surface area contributed by atoms with Gasteiger partial charge in [-0.25, -0.2) is 19.2 Å². The van der Waals surface area contributed by atoms with Crippen LogP contribution in [-0.4, -0.2) is 58.8 Å². The van der Waals surface area contributed by atoms with E-state index >= 15 is 0 Å². The molecular weight excluding hydrogens is 600 g/mol. The van der Waals surface area contributed by atoms with E-state index in [1.165, 1.54) is 30.7 Å². The molecule has 0 aliphatic heterocycles. The summed E-state index contributed by atoms with van der Waals surface area (Å²) < 4.78 is 15.9. The number of rotatable bonds is 18. The topological polar surface area (TPSA) is 206 Å². The third-order valence-electron chi connectivity index (χ3n) is 6.99. The van der Waals surface area contributed by atoms with Crippen molar-refractivity contribution in [3.63, 3.8) is 0 Å². The highest BCUT2D eigenvalue weighted by Gasteiger charge is 2.21. The van der Waals surface area contributed by atoms with Gasteiger partial charge in [0.1, 0.15) is 0 Å². The lowest BCUT2D eigenvalue weighted by molar-refractivity contribution is -0.385. The zero-order chi connectivity index (χ0) is 33.6. The van der Waals surface area contributed by atoms with Gasteiger partial charge in [0.05, 0.1) is 47.0 Å². The van der Waals surface area contributed by atoms with Crippen LogP contribution < -0.4 is 10.5 Å². The van der Waals surface area contributed by atoms with Crippen molar-refractivity contribution in [2.75, 3.05) is 25.6 Å². The lowest BCUT2D eigenvalue weighted by Gasteiger charge is -2.12. The summed E-state index contributed by atoms with van der Waals surface area (Å²) in [6, 6.07) is 11.9. The van der Waals surface area contributed by atoms with Gasteiger partial charge in [0.15, 0.2) is 5.75 Å². The fraction of sp³-hybridized carbons (Fsp3) is 0.333. The van der Waals surface area contributed by atoms with Crippen LogP contribution in [0.3, 0.4) is 0 Å². The lowest BCUT2D eigenvalue weighted by Crippen LogP contribution is -2.15. The zero-order valence-electron chi connectivity index (χ0n) is 25.4. The fourth-order valence-electron chi connectivity index (χ4n) is 4.53. The molecule has 0 fully saturated rings. The smallest absolute Gasteiger partial charge is 0.339 e. The molecule has 3 aromatic rings. The number of nitrogens with two attached hydrogens (primary N) is 1. The number of unbranched alkanes of at least 4 members (excludes halogenated alkanes) is 5. The number of hydrogen-bond acceptors (Lipinski definition) is 10. The quantitative estimate of drug-likeness (QED) is 0.0457. The number of carboxylic acid groups (broad SMARTS) is 2. The number of nitrogen functional groups attached to an aromatic ring is 1. The monoisotopic (exact) mass is 636 g/mol. The van der Waals surface area contributed by atoms with Gasteiger partial charge in [-0.2, -0.15) is 0 Å². The maximum Gasteiger partial charge on any atom is 0.339 e. The molecule has 0 aliphatic carbocycles. The fourth-order valence-corrected chi connectivity index (χ4v) is 4.53. The second kappa shape index (κ2) is 17.1. The minimum atomic E-state index is -1.42. The number of nitro benzene ring substituents is 1. The van der Waals surface area contributed by atoms with Crippen LogP contribution in [0.2, 0.25) is 0 Å². The Kier molecular flexibility index (Phi) is 13.0. The van der Waals surface area contributed by atoms with Crippen molar-refractivity contribution in [3.8, 4) is 16.9 Å². The van der Waals surface area contributed by atoms with Crippen molar-refractivity contribution in [2.24, 2.45) is 0 Å². The van der Waals surface area contributed by atoms with Gasteiger partial charge in [0.2, 0.25) is 0 Å². The number of benzene rings is 3. The van der Waals surface area contributed by atoms with Crippen LogP contribution in [0.5, 0.6) is 5.75 Å². The van der Waals surface area contributed by atoms with Crippen molar-refractivity contribution < 1.29 is 48.5 Å². The van der Waals surface area contributed by atoms with Gasteiger partial charge in [-0.05, 0) is 42.3 Å². The van der Waals surface area contributed by atoms with E-state index in [2.05, 4.69) is 6.92 Å². The van der Waals surface area contributed by atoms with Gasteiger partial charge in [-0.3, -0.25) is 10.1 Å². The minimum Gasteiger partial charge on any atom is -0.487 e. The highest BCUT2D eigenvalue weighted by molar-refractivity contribution is 6.04. The number of anilines is 1. The molecule has 0 bridgehead atoms. The third kappa shape index (κ3) is 9.78. The molecule has 0 unspecified atom stereocenters. The van der Waals surface area contributed by atoms with E-state index in [-0.39, 0.29) is 47.9 Å². The van der Waals surface area contributed by atoms with Crippen molar-refractivity contribution >= 4 is 35.3 Å². The molecule has 4 N–H and O–H groups in total. The Labute approximate surface area is 265 Å². The Hall–Kier alpha value is -5.46. The predicted molar refractivity (Wildman–Crippen MR) is 167 cm³/mol. The summed E-state index contributed by atoms with van der Waals surface area (Å²) in [6.45, 7) is 2.13. The first kappa shape index (κ1) is 35.0. The molecule has 0 amide bonds. The molecule has 46 heavy (non-hydrogen) atoms. The summed E-state index contributed by atoms with van der Waals surface area (Å²) >= 11 is 0. The summed E-state index contributed by atoms with van der Waals surface area (Å²) in [4.78, 5) is 58.7. The van der Waals surface area contributed by atoms with E-state index in [0.717, 1.165) is 50.3 Å². The van der Waals surface area contributed by atoms with Gasteiger partial charge >= 0.3 is 29.6 Å². The van der Waals surface area contributed by atoms with Gasteiger partial charge in [0.25, 0.3) is 0 Å². The first-order valence-corrected chi connectivity index (χ1v) is 14.8. The normalized spacial score (nSPS) is 10.6. The molecule has 0 spiro atoms. The first-order valence-electron chi connectivity index (χ1n) is 14.8. The van der Waals surface area contributed by atoms with Crippen molar-refractivity contribution in [1.29, 1.82) is 0 Å². The molecule has 13 heteroatoms. The number of carboxylic acids is 2. The van der Waals surface area contributed by atoms with Crippen molar-refractivity contribution in [2.45, 2.75) is 51.9 Å². The van der Waals surface area contributed by atoms with E-state index in [1.807, 2.05) is 0 Å². The molecule has 13 nitrogen and oxygen atoms in total. The van der Waals surface area contributed by atoms with E-state index in [0.29, 0.717) is 17.7 Å². The molecule has 0 heterocycles. The molecule has 0 aliphatic rings. The van der Waals surface area contributed by atoms with Crippen LogP contribution in [0.1, 0.15) is 93.3 Å². The van der Waals surface area contributed by atoms with Gasteiger partial charge in [0, 0.05) is 29.8 Å². The van der Waals surface area contributed by atoms with Crippen molar-refractivity contribution in [1.82, 2.24) is 0 Å². The summed E-state index contributed by atoms with van der Waals surface area (Å²) in [7, 11) is 0. The Bertz CT molecular complexity index is 1570. The van der Waals surface area contributed by atoms with Crippen molar-refractivity contribution in [3.05, 3.63) is 87.0 Å². The number of nitrogens with zero attached hydrogens (tertiary/aromatic N) is 1. The molecule has 3 rings (SSSR count). The van der Waals surface area contributed by atoms with Crippen LogP contribution in [0.25, 0.3) is 11.1 Å². The number of aromatic carboxylic acids is 2. The molecule has 3 aromatic carbocycles. The highest BCUT2D eigenvalue weighted by Crippen LogP contribution is 2.37. The minimum absolute atomic E-state index is 0.0874. The van der Waals surface area contributed by atoms with Crippen LogP contribution >= 0.6 is 0 Å². The Morgan fingerprint density at radius 1 is 0.739 bits per heavy atom. The number of carbonyl (C=O) groups excluding carboxylic acids is 2. The van der Waals surface area contributed by atoms with E-state index in [9.17, 15) is 34.4 Å². The number of nitro groups is 1. The summed E-state index contributed by atoms with van der Waals surface area (Å²) in [5.41, 5.74) is 6.33. The molecule has 0 atom stereocenters. The van der Waals surface area contributed by atoms with Crippen LogP contribution in [0.4, 0.5) is 11.4 Å². The second-order valence-electron chi connectivity index (χ2n) is 10.4. The Morgan fingerprint density at radius 2 is 1.37 bits per heavy atom. The second-order valence-corrected chi connectivity index (χ2v) is 10.4. The van der Waals surface area contributed by atoms with Gasteiger partial charge in [-0.15, -0.1) is 0 Å². The standard InChI is InChI=1S/C33H36N2O11/c1-2-3-4-5-6-7-15-44-29-20-27(34)25(19-28(29)35(42)43)21-9-11-22(12-10-21)32(40)45-16-8-17-46-33(41)26-18-23(30(36)37)13-14-24(26)31(38)39/h9-14,18-20H,2-8,15-17,34H2,1H3,(H,36,37)(H,38,39). The maximum absolute atomic E-state index is 12.5. The molecule has 0 saturated heterocycles. The lowest BCUT2D eigenvalue weighted by atomic mass is 10.0. The number of esters is 2. The number of carbonyl (C=O) groups is 4. The summed E-state index contributed by atoms with van der Waals surface area (Å²) in [5.74, 6) is -4.36. The molecule has 0 radical (unpaired) electrons. The molecular formula is C33H36N2O11. The molecule has 0 aromatic heterocycles. The largest absolute Gasteiger partial charge is 0.487 e. The van der Waals surface area contributed by atoms with Crippen LogP contribution in [0.15, 0.2) is 54.6 Å². The average molecular weight is 637 g/mol. The Balaban J connectivity index is 1.54. The van der Waals surface area contributed by atoms with E-state index in [1.54, 1.807) is 12.1 Å². The SMILES string of the molecule is CCCCCCCCOc1cc(N)c(-c2ccc(C(=O)OCCCOC(=O)c3cc(C(=O)O)ccc3C(=O)O)cc2)cc1[N+](=O)[O-]. The van der Waals surface area contributed by atoms with Crippen LogP contribution in [-0.2, 0) is 9.47 Å². The third-order valence-corrected chi connectivity index (χ3v) is 6.99.